The van der Waals surface area contributed by atoms with Crippen LogP contribution in [0.15, 0.2) is 37.2 Å². The molecule has 0 fully saturated rings. The van der Waals surface area contributed by atoms with E-state index in [1.807, 2.05) is 24.8 Å². The molecule has 0 spiro atoms. The molecule has 4 rings (SSSR count). The summed E-state index contributed by atoms with van der Waals surface area (Å²) in [5, 5.41) is 8.47. The summed E-state index contributed by atoms with van der Waals surface area (Å²) < 4.78 is 0. The molecule has 3 aromatic rings. The average molecular weight is 318 g/mol. The topological polar surface area (TPSA) is 67.7 Å². The zero-order valence-electron chi connectivity index (χ0n) is 13.8. The molecule has 0 aromatic carbocycles. The molecule has 1 aliphatic rings. The van der Waals surface area contributed by atoms with Gasteiger partial charge in [0.05, 0.1) is 6.20 Å². The molecular weight excluding hydrogens is 300 g/mol. The molecule has 0 saturated heterocycles. The maximum atomic E-state index is 4.65. The molecule has 120 valence electrons. The lowest BCUT2D eigenvalue weighted by Crippen LogP contribution is -2.32. The van der Waals surface area contributed by atoms with Gasteiger partial charge in [-0.25, -0.2) is 9.97 Å². The quantitative estimate of drug-likeness (QED) is 0.723. The highest BCUT2D eigenvalue weighted by Crippen LogP contribution is 2.27. The molecule has 0 amide bonds. The third-order valence-electron chi connectivity index (χ3n) is 4.56. The molecule has 3 aromatic heterocycles. The first-order chi connectivity index (χ1) is 11.7. The van der Waals surface area contributed by atoms with Gasteiger partial charge in [0.1, 0.15) is 6.33 Å². The fourth-order valence-electron chi connectivity index (χ4n) is 3.03. The van der Waals surface area contributed by atoms with Crippen LogP contribution in [0.25, 0.3) is 11.1 Å². The van der Waals surface area contributed by atoms with Gasteiger partial charge in [-0.1, -0.05) is 0 Å². The highest BCUT2D eigenvalue weighted by atomic mass is 15.3. The Morgan fingerprint density at radius 1 is 1.00 bits per heavy atom. The molecule has 1 aliphatic heterocycles. The zero-order chi connectivity index (χ0) is 16.5. The van der Waals surface area contributed by atoms with Crippen LogP contribution in [0.1, 0.15) is 22.4 Å². The average Bonchev–Trinajstić information content (AvgIpc) is 2.64. The molecule has 0 N–H and O–H groups in total. The first-order valence-corrected chi connectivity index (χ1v) is 7.99. The Hall–Kier alpha value is -2.89. The van der Waals surface area contributed by atoms with Gasteiger partial charge in [-0.05, 0) is 36.6 Å². The van der Waals surface area contributed by atoms with Crippen molar-refractivity contribution in [3.8, 4) is 11.1 Å². The maximum Gasteiger partial charge on any atom is 0.154 e. The van der Waals surface area contributed by atoms with E-state index in [4.69, 9.17) is 0 Å². The molecule has 0 unspecified atom stereocenters. The number of hydrogen-bond acceptors (Lipinski definition) is 6. The third-order valence-corrected chi connectivity index (χ3v) is 4.56. The summed E-state index contributed by atoms with van der Waals surface area (Å²) in [5.74, 6) is 0.967. The van der Waals surface area contributed by atoms with Crippen molar-refractivity contribution in [1.82, 2.24) is 25.1 Å². The van der Waals surface area contributed by atoms with Gasteiger partial charge in [0.25, 0.3) is 0 Å². The molecule has 0 aliphatic carbocycles. The second kappa shape index (κ2) is 5.96. The van der Waals surface area contributed by atoms with E-state index in [0.29, 0.717) is 0 Å². The largest absolute Gasteiger partial charge is 0.350 e. The van der Waals surface area contributed by atoms with E-state index in [-0.39, 0.29) is 0 Å². The third kappa shape index (κ3) is 2.60. The van der Waals surface area contributed by atoms with Crippen LogP contribution in [0.4, 0.5) is 5.82 Å². The Bertz CT molecular complexity index is 878. The summed E-state index contributed by atoms with van der Waals surface area (Å²) >= 11 is 0. The van der Waals surface area contributed by atoms with Crippen LogP contribution in [-0.2, 0) is 13.0 Å². The minimum Gasteiger partial charge on any atom is -0.350 e. The SMILES string of the molecule is Cc1cnnc(N2CCc3ncc(-c4cncnc4)cc3C2)c1C. The van der Waals surface area contributed by atoms with Gasteiger partial charge in [-0.3, -0.25) is 4.98 Å². The number of fused-ring (bicyclic) bond motifs is 1. The van der Waals surface area contributed by atoms with Crippen molar-refractivity contribution in [1.29, 1.82) is 0 Å². The van der Waals surface area contributed by atoms with E-state index < -0.39 is 0 Å². The molecule has 24 heavy (non-hydrogen) atoms. The molecule has 0 radical (unpaired) electrons. The summed E-state index contributed by atoms with van der Waals surface area (Å²) in [6, 6.07) is 2.19. The van der Waals surface area contributed by atoms with Crippen molar-refractivity contribution < 1.29 is 0 Å². The van der Waals surface area contributed by atoms with E-state index in [1.54, 1.807) is 0 Å². The highest BCUT2D eigenvalue weighted by Gasteiger charge is 2.21. The lowest BCUT2D eigenvalue weighted by molar-refractivity contribution is 0.692. The van der Waals surface area contributed by atoms with Crippen LogP contribution >= 0.6 is 0 Å². The minimum atomic E-state index is 0.794. The van der Waals surface area contributed by atoms with Crippen LogP contribution in [0, 0.1) is 13.8 Å². The minimum absolute atomic E-state index is 0.794. The Balaban J connectivity index is 1.68. The fourth-order valence-corrected chi connectivity index (χ4v) is 3.03. The summed E-state index contributed by atoms with van der Waals surface area (Å²) in [6.45, 7) is 5.88. The van der Waals surface area contributed by atoms with Crippen LogP contribution in [0.2, 0.25) is 0 Å². The van der Waals surface area contributed by atoms with Crippen molar-refractivity contribution in [3.63, 3.8) is 0 Å². The summed E-state index contributed by atoms with van der Waals surface area (Å²) in [4.78, 5) is 15.1. The van der Waals surface area contributed by atoms with Crippen molar-refractivity contribution in [2.75, 3.05) is 11.4 Å². The van der Waals surface area contributed by atoms with Gasteiger partial charge in [0.15, 0.2) is 5.82 Å². The highest BCUT2D eigenvalue weighted by molar-refractivity contribution is 5.62. The molecule has 4 heterocycles. The van der Waals surface area contributed by atoms with Crippen LogP contribution in [-0.4, -0.2) is 31.7 Å². The summed E-state index contributed by atoms with van der Waals surface area (Å²) in [7, 11) is 0. The Labute approximate surface area is 140 Å². The Morgan fingerprint density at radius 3 is 2.67 bits per heavy atom. The lowest BCUT2D eigenvalue weighted by Gasteiger charge is -2.30. The zero-order valence-corrected chi connectivity index (χ0v) is 13.8. The molecular formula is C18H18N6. The number of pyridine rings is 1. The van der Waals surface area contributed by atoms with Crippen LogP contribution in [0.5, 0.6) is 0 Å². The lowest BCUT2D eigenvalue weighted by atomic mass is 10.0. The first kappa shape index (κ1) is 14.7. The standard InChI is InChI=1S/C18H18N6/c1-12-6-22-23-18(13(12)2)24-4-3-17-15(10-24)5-14(9-21-17)16-7-19-11-20-8-16/h5-9,11H,3-4,10H2,1-2H3. The van der Waals surface area contributed by atoms with Gasteiger partial charge in [0, 0.05) is 54.9 Å². The number of anilines is 1. The first-order valence-electron chi connectivity index (χ1n) is 7.99. The van der Waals surface area contributed by atoms with Gasteiger partial charge < -0.3 is 4.90 Å². The van der Waals surface area contributed by atoms with Crippen LogP contribution < -0.4 is 4.90 Å². The number of hydrogen-bond donors (Lipinski definition) is 0. The monoisotopic (exact) mass is 318 g/mol. The molecule has 0 saturated carbocycles. The van der Waals surface area contributed by atoms with E-state index >= 15 is 0 Å². The Kier molecular flexibility index (Phi) is 3.65. The normalized spacial score (nSPS) is 13.7. The summed E-state index contributed by atoms with van der Waals surface area (Å²) in [5.41, 5.74) is 6.77. The second-order valence-electron chi connectivity index (χ2n) is 6.10. The van der Waals surface area contributed by atoms with E-state index in [0.717, 1.165) is 42.1 Å². The van der Waals surface area contributed by atoms with E-state index in [2.05, 4.69) is 50.0 Å². The molecule has 6 heteroatoms. The smallest absolute Gasteiger partial charge is 0.154 e. The summed E-state index contributed by atoms with van der Waals surface area (Å²) in [6.07, 6.45) is 9.79. The van der Waals surface area contributed by atoms with Gasteiger partial charge >= 0.3 is 0 Å². The van der Waals surface area contributed by atoms with E-state index in [1.165, 1.54) is 23.0 Å². The maximum absolute atomic E-state index is 4.65. The number of nitrogens with zero attached hydrogens (tertiary/aromatic N) is 6. The molecule has 0 bridgehead atoms. The molecule has 0 atom stereocenters. The van der Waals surface area contributed by atoms with Crippen molar-refractivity contribution >= 4 is 5.82 Å². The number of rotatable bonds is 2. The van der Waals surface area contributed by atoms with Crippen molar-refractivity contribution in [2.45, 2.75) is 26.8 Å². The van der Waals surface area contributed by atoms with Gasteiger partial charge in [-0.2, -0.15) is 5.10 Å². The second-order valence-corrected chi connectivity index (χ2v) is 6.10. The van der Waals surface area contributed by atoms with Crippen LogP contribution in [0.3, 0.4) is 0 Å². The number of aromatic nitrogens is 5. The van der Waals surface area contributed by atoms with Gasteiger partial charge in [0.2, 0.25) is 0 Å². The predicted octanol–water partition coefficient (Wildman–Crippen LogP) is 2.51. The predicted molar refractivity (Wildman–Crippen MR) is 91.5 cm³/mol. The Morgan fingerprint density at radius 2 is 1.83 bits per heavy atom. The molecule has 6 nitrogen and oxygen atoms in total. The fraction of sp³-hybridized carbons (Fsp3) is 0.278. The van der Waals surface area contributed by atoms with Gasteiger partial charge in [-0.15, -0.1) is 5.10 Å². The number of aryl methyl sites for hydroxylation is 1. The van der Waals surface area contributed by atoms with Crippen molar-refractivity contribution in [3.05, 3.63) is 59.6 Å². The van der Waals surface area contributed by atoms with E-state index in [9.17, 15) is 0 Å². The van der Waals surface area contributed by atoms with Crippen molar-refractivity contribution in [2.24, 2.45) is 0 Å².